The number of hydrogen-bond acceptors (Lipinski definition) is 7. The van der Waals surface area contributed by atoms with E-state index < -0.39 is 24.0 Å². The Bertz CT molecular complexity index is 542. The summed E-state index contributed by atoms with van der Waals surface area (Å²) in [6, 6.07) is -0.145. The quantitative estimate of drug-likeness (QED) is 0.722. The second-order valence-electron chi connectivity index (χ2n) is 7.88. The van der Waals surface area contributed by atoms with Gasteiger partial charge in [-0.25, -0.2) is 9.59 Å². The van der Waals surface area contributed by atoms with Gasteiger partial charge in [-0.3, -0.25) is 4.99 Å². The SMILES string of the molecule is COC1=NC(CCCC(NC(=O)OC(C)(C)C)C2COC(=O)O2)C(C)C1. The molecule has 1 N–H and O–H groups in total. The van der Waals surface area contributed by atoms with Crippen molar-refractivity contribution in [3.8, 4) is 0 Å². The van der Waals surface area contributed by atoms with Gasteiger partial charge in [-0.05, 0) is 46.0 Å². The summed E-state index contributed by atoms with van der Waals surface area (Å²) in [5.74, 6) is 1.24. The van der Waals surface area contributed by atoms with E-state index in [1.165, 1.54) is 0 Å². The van der Waals surface area contributed by atoms with Gasteiger partial charge < -0.3 is 24.3 Å². The van der Waals surface area contributed by atoms with Crippen LogP contribution in [0.1, 0.15) is 53.4 Å². The largest absolute Gasteiger partial charge is 0.508 e. The van der Waals surface area contributed by atoms with Crippen LogP contribution >= 0.6 is 0 Å². The smallest absolute Gasteiger partial charge is 0.484 e. The molecule has 4 atom stereocenters. The number of nitrogens with zero attached hydrogens (tertiary/aromatic N) is 1. The molecule has 8 heteroatoms. The maximum Gasteiger partial charge on any atom is 0.508 e. The molecule has 2 rings (SSSR count). The molecule has 2 heterocycles. The van der Waals surface area contributed by atoms with Crippen LogP contribution in [0.15, 0.2) is 4.99 Å². The van der Waals surface area contributed by atoms with E-state index in [9.17, 15) is 9.59 Å². The third kappa shape index (κ3) is 6.07. The van der Waals surface area contributed by atoms with Crippen LogP contribution in [0.4, 0.5) is 9.59 Å². The first-order valence-corrected chi connectivity index (χ1v) is 9.11. The van der Waals surface area contributed by atoms with E-state index in [-0.39, 0.29) is 18.7 Å². The van der Waals surface area contributed by atoms with Crippen molar-refractivity contribution >= 4 is 18.1 Å². The molecule has 26 heavy (non-hydrogen) atoms. The van der Waals surface area contributed by atoms with Gasteiger partial charge in [-0.2, -0.15) is 0 Å². The summed E-state index contributed by atoms with van der Waals surface area (Å²) in [6.45, 7) is 7.68. The molecular formula is C18H30N2O6. The predicted octanol–water partition coefficient (Wildman–Crippen LogP) is 3.04. The lowest BCUT2D eigenvalue weighted by molar-refractivity contribution is 0.0427. The molecule has 0 radical (unpaired) electrons. The number of carbonyl (C=O) groups excluding carboxylic acids is 2. The van der Waals surface area contributed by atoms with Crippen molar-refractivity contribution in [2.45, 2.75) is 77.2 Å². The Balaban J connectivity index is 1.88. The fourth-order valence-corrected chi connectivity index (χ4v) is 3.16. The van der Waals surface area contributed by atoms with Gasteiger partial charge in [-0.1, -0.05) is 6.92 Å². The second kappa shape index (κ2) is 8.60. The number of aliphatic imine (C=N–C) groups is 1. The lowest BCUT2D eigenvalue weighted by Crippen LogP contribution is -2.46. The highest BCUT2D eigenvalue weighted by Gasteiger charge is 2.35. The first-order valence-electron chi connectivity index (χ1n) is 9.11. The number of nitrogens with one attached hydrogen (secondary N) is 1. The van der Waals surface area contributed by atoms with E-state index in [2.05, 4.69) is 17.2 Å². The van der Waals surface area contributed by atoms with Crippen LogP contribution in [-0.2, 0) is 18.9 Å². The lowest BCUT2D eigenvalue weighted by Gasteiger charge is -2.26. The summed E-state index contributed by atoms with van der Waals surface area (Å²) in [4.78, 5) is 27.9. The van der Waals surface area contributed by atoms with Gasteiger partial charge in [0.25, 0.3) is 0 Å². The minimum Gasteiger partial charge on any atom is -0.484 e. The molecule has 2 aliphatic heterocycles. The van der Waals surface area contributed by atoms with Crippen LogP contribution in [0.5, 0.6) is 0 Å². The van der Waals surface area contributed by atoms with Crippen LogP contribution in [0, 0.1) is 5.92 Å². The van der Waals surface area contributed by atoms with Crippen molar-refractivity contribution in [2.24, 2.45) is 10.9 Å². The minimum absolute atomic E-state index is 0.130. The maximum atomic E-state index is 12.1. The Labute approximate surface area is 154 Å². The molecule has 1 fully saturated rings. The second-order valence-corrected chi connectivity index (χ2v) is 7.88. The molecule has 8 nitrogen and oxygen atoms in total. The molecule has 0 aromatic carbocycles. The Hall–Kier alpha value is -1.99. The van der Waals surface area contributed by atoms with Crippen molar-refractivity contribution in [1.82, 2.24) is 5.32 Å². The van der Waals surface area contributed by atoms with Crippen molar-refractivity contribution in [1.29, 1.82) is 0 Å². The van der Waals surface area contributed by atoms with Crippen LogP contribution in [0.25, 0.3) is 0 Å². The number of ether oxygens (including phenoxy) is 4. The van der Waals surface area contributed by atoms with Gasteiger partial charge in [0.1, 0.15) is 12.2 Å². The van der Waals surface area contributed by atoms with E-state index in [1.807, 2.05) is 0 Å². The van der Waals surface area contributed by atoms with Crippen LogP contribution < -0.4 is 5.32 Å². The maximum absolute atomic E-state index is 12.1. The molecular weight excluding hydrogens is 340 g/mol. The monoisotopic (exact) mass is 370 g/mol. The number of hydrogen-bond donors (Lipinski definition) is 1. The summed E-state index contributed by atoms with van der Waals surface area (Å²) in [5, 5.41) is 2.81. The Morgan fingerprint density at radius 1 is 1.42 bits per heavy atom. The van der Waals surface area contributed by atoms with E-state index >= 15 is 0 Å². The zero-order valence-electron chi connectivity index (χ0n) is 16.2. The Kier molecular flexibility index (Phi) is 6.72. The number of methoxy groups -OCH3 is 1. The summed E-state index contributed by atoms with van der Waals surface area (Å²) in [5.41, 5.74) is -0.595. The summed E-state index contributed by atoms with van der Waals surface area (Å²) >= 11 is 0. The molecule has 148 valence electrons. The number of rotatable bonds is 6. The zero-order chi connectivity index (χ0) is 19.3. The highest BCUT2D eigenvalue weighted by molar-refractivity contribution is 5.78. The Morgan fingerprint density at radius 3 is 2.69 bits per heavy atom. The molecule has 1 saturated heterocycles. The van der Waals surface area contributed by atoms with Crippen molar-refractivity contribution in [2.75, 3.05) is 13.7 Å². The molecule has 0 aromatic heterocycles. The van der Waals surface area contributed by atoms with Crippen molar-refractivity contribution in [3.05, 3.63) is 0 Å². The van der Waals surface area contributed by atoms with Gasteiger partial charge in [-0.15, -0.1) is 0 Å². The fourth-order valence-electron chi connectivity index (χ4n) is 3.16. The molecule has 0 aromatic rings. The predicted molar refractivity (Wildman–Crippen MR) is 95.2 cm³/mol. The van der Waals surface area contributed by atoms with Crippen LogP contribution in [0.2, 0.25) is 0 Å². The molecule has 0 bridgehead atoms. The number of cyclic esters (lactones) is 2. The van der Waals surface area contributed by atoms with Crippen molar-refractivity contribution < 1.29 is 28.5 Å². The number of alkyl carbamates (subject to hydrolysis) is 1. The summed E-state index contributed by atoms with van der Waals surface area (Å²) in [7, 11) is 1.64. The lowest BCUT2D eigenvalue weighted by atomic mass is 9.95. The molecule has 0 spiro atoms. The molecule has 2 aliphatic rings. The van der Waals surface area contributed by atoms with Crippen molar-refractivity contribution in [3.63, 3.8) is 0 Å². The van der Waals surface area contributed by atoms with Gasteiger partial charge in [0.05, 0.1) is 19.2 Å². The van der Waals surface area contributed by atoms with E-state index in [1.54, 1.807) is 27.9 Å². The highest BCUT2D eigenvalue weighted by Crippen LogP contribution is 2.26. The summed E-state index contributed by atoms with van der Waals surface area (Å²) in [6.07, 6.45) is 1.46. The van der Waals surface area contributed by atoms with Crippen LogP contribution in [0.3, 0.4) is 0 Å². The highest BCUT2D eigenvalue weighted by atomic mass is 16.8. The van der Waals surface area contributed by atoms with Gasteiger partial charge in [0, 0.05) is 6.42 Å². The van der Waals surface area contributed by atoms with E-state index in [0.29, 0.717) is 12.3 Å². The van der Waals surface area contributed by atoms with Crippen LogP contribution in [-0.4, -0.2) is 55.7 Å². The fraction of sp³-hybridized carbons (Fsp3) is 0.833. The first kappa shape index (κ1) is 20.3. The first-order chi connectivity index (χ1) is 12.2. The van der Waals surface area contributed by atoms with Gasteiger partial charge >= 0.3 is 12.2 Å². The third-order valence-corrected chi connectivity index (χ3v) is 4.48. The third-order valence-electron chi connectivity index (χ3n) is 4.48. The minimum atomic E-state index is -0.704. The van der Waals surface area contributed by atoms with Gasteiger partial charge in [0.2, 0.25) is 0 Å². The average Bonchev–Trinajstić information content (AvgIpc) is 3.10. The molecule has 1 amide bonds. The number of carbonyl (C=O) groups is 2. The molecule has 0 aliphatic carbocycles. The molecule has 4 unspecified atom stereocenters. The Morgan fingerprint density at radius 2 is 2.15 bits per heavy atom. The number of amides is 1. The standard InChI is InChI=1S/C18H30N2O6/c1-11-9-15(23-5)19-12(11)7-6-8-13(14-10-24-17(22)25-14)20-16(21)26-18(2,3)4/h11-14H,6-10H2,1-5H3,(H,20,21). The topological polar surface area (TPSA) is 95.5 Å². The normalized spacial score (nSPS) is 26.6. The zero-order valence-corrected chi connectivity index (χ0v) is 16.2. The van der Waals surface area contributed by atoms with E-state index in [4.69, 9.17) is 18.9 Å². The average molecular weight is 370 g/mol. The molecule has 0 saturated carbocycles. The van der Waals surface area contributed by atoms with E-state index in [0.717, 1.165) is 25.2 Å². The van der Waals surface area contributed by atoms with Gasteiger partial charge in [0.15, 0.2) is 12.0 Å². The summed E-state index contributed by atoms with van der Waals surface area (Å²) < 4.78 is 20.6.